The maximum absolute atomic E-state index is 13.9. The minimum Gasteiger partial charge on any atom is -0.207 e. The second-order valence-corrected chi connectivity index (χ2v) is 7.44. The van der Waals surface area contributed by atoms with Crippen LogP contribution in [0.1, 0.15) is 37.7 Å². The first kappa shape index (κ1) is 15.7. The van der Waals surface area contributed by atoms with Crippen molar-refractivity contribution in [3.63, 3.8) is 0 Å². The summed E-state index contributed by atoms with van der Waals surface area (Å²) in [7, 11) is -2.26. The molecule has 1 aromatic carbocycles. The van der Waals surface area contributed by atoms with Gasteiger partial charge in [0.05, 0.1) is 0 Å². The molecule has 0 heterocycles. The number of nitrogens with zero attached hydrogens (tertiary/aromatic N) is 1. The van der Waals surface area contributed by atoms with E-state index in [0.29, 0.717) is 5.56 Å². The van der Waals surface area contributed by atoms with E-state index in [0.717, 1.165) is 32.1 Å². The van der Waals surface area contributed by atoms with Gasteiger partial charge in [0.1, 0.15) is 10.7 Å². The van der Waals surface area contributed by atoms with E-state index in [1.807, 2.05) is 0 Å². The largest absolute Gasteiger partial charge is 0.245 e. The summed E-state index contributed by atoms with van der Waals surface area (Å²) in [5, 5.41) is 0. The smallest absolute Gasteiger partial charge is 0.207 e. The van der Waals surface area contributed by atoms with E-state index in [1.165, 1.54) is 29.6 Å². The average Bonchev–Trinajstić information content (AvgIpc) is 2.47. The summed E-state index contributed by atoms with van der Waals surface area (Å²) < 4.78 is 40.3. The maximum atomic E-state index is 13.9. The van der Waals surface area contributed by atoms with Gasteiger partial charge in [-0.05, 0) is 30.5 Å². The quantitative estimate of drug-likeness (QED) is 0.796. The normalized spacial score (nSPS) is 17.6. The van der Waals surface area contributed by atoms with Gasteiger partial charge in [-0.3, -0.25) is 0 Å². The fourth-order valence-corrected chi connectivity index (χ4v) is 4.32. The van der Waals surface area contributed by atoms with Crippen molar-refractivity contribution in [2.24, 2.45) is 0 Å². The summed E-state index contributed by atoms with van der Waals surface area (Å²) >= 11 is 5.70. The maximum Gasteiger partial charge on any atom is 0.245 e. The van der Waals surface area contributed by atoms with Crippen molar-refractivity contribution < 1.29 is 12.8 Å². The molecule has 0 atom stereocenters. The molecule has 0 radical (unpaired) electrons. The number of halogens is 2. The zero-order valence-corrected chi connectivity index (χ0v) is 13.1. The molecule has 20 heavy (non-hydrogen) atoms. The minimum atomic E-state index is -3.80. The molecule has 0 saturated heterocycles. The van der Waals surface area contributed by atoms with Crippen molar-refractivity contribution in [1.82, 2.24) is 4.31 Å². The zero-order valence-electron chi connectivity index (χ0n) is 11.5. The SMILES string of the molecule is CN(C1CCCCC1)S(=O)(=O)c1cc(CCl)ccc1F. The topological polar surface area (TPSA) is 37.4 Å². The van der Waals surface area contributed by atoms with Gasteiger partial charge >= 0.3 is 0 Å². The third kappa shape index (κ3) is 3.15. The highest BCUT2D eigenvalue weighted by molar-refractivity contribution is 7.89. The predicted octanol–water partition coefficient (Wildman–Crippen LogP) is 3.52. The first-order valence-corrected chi connectivity index (χ1v) is 8.76. The lowest BCUT2D eigenvalue weighted by Gasteiger charge is -2.30. The predicted molar refractivity (Wildman–Crippen MR) is 77.8 cm³/mol. The Bertz CT molecular complexity index is 571. The summed E-state index contributed by atoms with van der Waals surface area (Å²) in [5.41, 5.74) is 0.601. The molecule has 0 aliphatic heterocycles. The summed E-state index contributed by atoms with van der Waals surface area (Å²) in [6.45, 7) is 0. The van der Waals surface area contributed by atoms with Crippen LogP contribution in [-0.2, 0) is 15.9 Å². The molecule has 1 aliphatic rings. The molecule has 0 aromatic heterocycles. The molecule has 0 amide bonds. The molecule has 0 spiro atoms. The lowest BCUT2D eigenvalue weighted by atomic mass is 9.96. The van der Waals surface area contributed by atoms with Crippen LogP contribution in [0.3, 0.4) is 0 Å². The number of benzene rings is 1. The molecule has 0 bridgehead atoms. The highest BCUT2D eigenvalue weighted by Crippen LogP contribution is 2.28. The minimum absolute atomic E-state index is 0.0344. The lowest BCUT2D eigenvalue weighted by molar-refractivity contribution is 0.285. The van der Waals surface area contributed by atoms with Gasteiger partial charge in [0.15, 0.2) is 0 Å². The highest BCUT2D eigenvalue weighted by atomic mass is 35.5. The van der Waals surface area contributed by atoms with Crippen molar-refractivity contribution in [1.29, 1.82) is 0 Å². The van der Waals surface area contributed by atoms with Gasteiger partial charge in [-0.25, -0.2) is 12.8 Å². The van der Waals surface area contributed by atoms with Crippen molar-refractivity contribution in [3.05, 3.63) is 29.6 Å². The Morgan fingerprint density at radius 1 is 1.30 bits per heavy atom. The van der Waals surface area contributed by atoms with Crippen LogP contribution in [0.2, 0.25) is 0 Å². The van der Waals surface area contributed by atoms with Crippen LogP contribution >= 0.6 is 11.6 Å². The molecule has 1 aliphatic carbocycles. The summed E-state index contributed by atoms with van der Waals surface area (Å²) in [5.74, 6) is -0.558. The summed E-state index contributed by atoms with van der Waals surface area (Å²) in [4.78, 5) is -0.274. The van der Waals surface area contributed by atoms with Gasteiger partial charge in [-0.1, -0.05) is 25.3 Å². The van der Waals surface area contributed by atoms with Crippen LogP contribution in [0.15, 0.2) is 23.1 Å². The van der Waals surface area contributed by atoms with Crippen LogP contribution in [0.4, 0.5) is 4.39 Å². The Balaban J connectivity index is 2.33. The Labute approximate surface area is 124 Å². The molecule has 3 nitrogen and oxygen atoms in total. The van der Waals surface area contributed by atoms with Gasteiger partial charge in [-0.2, -0.15) is 4.31 Å². The van der Waals surface area contributed by atoms with Crippen molar-refractivity contribution in [3.8, 4) is 0 Å². The van der Waals surface area contributed by atoms with Gasteiger partial charge in [0, 0.05) is 19.0 Å². The van der Waals surface area contributed by atoms with E-state index in [9.17, 15) is 12.8 Å². The third-order valence-corrected chi connectivity index (χ3v) is 6.13. The fraction of sp³-hybridized carbons (Fsp3) is 0.571. The lowest BCUT2D eigenvalue weighted by Crippen LogP contribution is -2.38. The van der Waals surface area contributed by atoms with E-state index >= 15 is 0 Å². The number of rotatable bonds is 4. The van der Waals surface area contributed by atoms with E-state index < -0.39 is 15.8 Å². The third-order valence-electron chi connectivity index (χ3n) is 3.90. The van der Waals surface area contributed by atoms with E-state index in [-0.39, 0.29) is 16.8 Å². The Hall–Kier alpha value is -0.650. The number of hydrogen-bond donors (Lipinski definition) is 0. The van der Waals surface area contributed by atoms with Crippen LogP contribution in [0.25, 0.3) is 0 Å². The fourth-order valence-electron chi connectivity index (χ4n) is 2.62. The molecule has 0 N–H and O–H groups in total. The van der Waals surface area contributed by atoms with Crippen LogP contribution in [0, 0.1) is 5.82 Å². The van der Waals surface area contributed by atoms with Crippen molar-refractivity contribution in [2.45, 2.75) is 48.9 Å². The second-order valence-electron chi connectivity index (χ2n) is 5.21. The van der Waals surface area contributed by atoms with Gasteiger partial charge in [-0.15, -0.1) is 11.6 Å². The van der Waals surface area contributed by atoms with Gasteiger partial charge in [0.2, 0.25) is 10.0 Å². The van der Waals surface area contributed by atoms with Crippen LogP contribution in [-0.4, -0.2) is 25.8 Å². The molecule has 1 saturated carbocycles. The summed E-state index contributed by atoms with van der Waals surface area (Å²) in [6, 6.07) is 3.96. The van der Waals surface area contributed by atoms with E-state index in [4.69, 9.17) is 11.6 Å². The second kappa shape index (κ2) is 6.41. The van der Waals surface area contributed by atoms with E-state index in [1.54, 1.807) is 0 Å². The Morgan fingerprint density at radius 2 is 1.95 bits per heavy atom. The molecule has 1 fully saturated rings. The monoisotopic (exact) mass is 319 g/mol. The van der Waals surface area contributed by atoms with Crippen LogP contribution < -0.4 is 0 Å². The summed E-state index contributed by atoms with van der Waals surface area (Å²) in [6.07, 6.45) is 4.86. The molecular formula is C14H19ClFNO2S. The Kier molecular flexibility index (Phi) is 5.04. The van der Waals surface area contributed by atoms with Crippen LogP contribution in [0.5, 0.6) is 0 Å². The molecule has 2 rings (SSSR count). The molecule has 1 aromatic rings. The zero-order chi connectivity index (χ0) is 14.8. The Morgan fingerprint density at radius 3 is 2.55 bits per heavy atom. The first-order chi connectivity index (χ1) is 9.46. The van der Waals surface area contributed by atoms with Gasteiger partial charge < -0.3 is 0 Å². The molecule has 0 unspecified atom stereocenters. The molecular weight excluding hydrogens is 301 g/mol. The average molecular weight is 320 g/mol. The van der Waals surface area contributed by atoms with Crippen molar-refractivity contribution >= 4 is 21.6 Å². The van der Waals surface area contributed by atoms with Crippen molar-refractivity contribution in [2.75, 3.05) is 7.05 Å². The number of sulfonamides is 1. The molecule has 112 valence electrons. The molecule has 6 heteroatoms. The first-order valence-electron chi connectivity index (χ1n) is 6.79. The number of hydrogen-bond acceptors (Lipinski definition) is 2. The van der Waals surface area contributed by atoms with E-state index in [2.05, 4.69) is 0 Å². The van der Waals surface area contributed by atoms with Gasteiger partial charge in [0.25, 0.3) is 0 Å². The number of alkyl halides is 1. The standard InChI is InChI=1S/C14H19ClFNO2S/c1-17(12-5-3-2-4-6-12)20(18,19)14-9-11(10-15)7-8-13(14)16/h7-9,12H,2-6,10H2,1H3. The highest BCUT2D eigenvalue weighted by Gasteiger charge is 2.31.